The van der Waals surface area contributed by atoms with E-state index in [9.17, 15) is 4.79 Å². The van der Waals surface area contributed by atoms with Gasteiger partial charge in [0.1, 0.15) is 0 Å². The van der Waals surface area contributed by atoms with Crippen molar-refractivity contribution < 1.29 is 23.7 Å². The van der Waals surface area contributed by atoms with E-state index in [4.69, 9.17) is 0 Å². The molecule has 10 heavy (non-hydrogen) atoms. The molecule has 0 aromatic carbocycles. The van der Waals surface area contributed by atoms with Gasteiger partial charge in [0.25, 0.3) is 0 Å². The van der Waals surface area contributed by atoms with Crippen LogP contribution < -0.4 is 18.9 Å². The first-order chi connectivity index (χ1) is 4.30. The summed E-state index contributed by atoms with van der Waals surface area (Å²) in [6, 6.07) is 0. The molecular formula is C7H12LiNO. The summed E-state index contributed by atoms with van der Waals surface area (Å²) in [5.41, 5.74) is 0. The third kappa shape index (κ3) is 2.68. The van der Waals surface area contributed by atoms with Gasteiger partial charge in [0.2, 0.25) is 0 Å². The van der Waals surface area contributed by atoms with Gasteiger partial charge in [0, 0.05) is 13.1 Å². The van der Waals surface area contributed by atoms with Gasteiger partial charge in [0.05, 0.1) is 5.91 Å². The fraction of sp³-hybridized carbons (Fsp3) is 0.714. The molecule has 0 radical (unpaired) electrons. The Morgan fingerprint density at radius 3 is 2.00 bits per heavy atom. The Kier molecular flexibility index (Phi) is 4.68. The number of likely N-dealkylation sites (tertiary alicyclic amines) is 1. The van der Waals surface area contributed by atoms with E-state index in [0.717, 1.165) is 25.9 Å². The van der Waals surface area contributed by atoms with E-state index < -0.39 is 0 Å². The van der Waals surface area contributed by atoms with Gasteiger partial charge in [-0.2, -0.15) is 0 Å². The number of carbonyl (C=O) groups is 1. The van der Waals surface area contributed by atoms with Gasteiger partial charge >= 0.3 is 18.9 Å². The van der Waals surface area contributed by atoms with Gasteiger partial charge in [-0.3, -0.25) is 0 Å². The molecule has 1 heterocycles. The molecular weight excluding hydrogens is 121 g/mol. The molecule has 1 aliphatic rings. The van der Waals surface area contributed by atoms with Crippen molar-refractivity contribution in [2.75, 3.05) is 13.1 Å². The van der Waals surface area contributed by atoms with Crippen LogP contribution in [0.25, 0.3) is 0 Å². The molecule has 1 saturated heterocycles. The van der Waals surface area contributed by atoms with E-state index in [-0.39, 0.29) is 24.8 Å². The van der Waals surface area contributed by atoms with Crippen LogP contribution in [-0.2, 0) is 4.79 Å². The summed E-state index contributed by atoms with van der Waals surface area (Å²) in [5.74, 6) is -0.0188. The third-order valence-electron chi connectivity index (χ3n) is 1.71. The van der Waals surface area contributed by atoms with Crippen LogP contribution in [0.4, 0.5) is 0 Å². The molecule has 52 valence electrons. The van der Waals surface area contributed by atoms with Crippen molar-refractivity contribution in [2.24, 2.45) is 0 Å². The normalized spacial score (nSPS) is 17.8. The van der Waals surface area contributed by atoms with E-state index >= 15 is 0 Å². The third-order valence-corrected chi connectivity index (χ3v) is 1.71. The minimum absolute atomic E-state index is 0. The second-order valence-corrected chi connectivity index (χ2v) is 2.44. The SMILES string of the molecule is [CH2-]C(=O)N1CCCCC1.[Li+]. The summed E-state index contributed by atoms with van der Waals surface area (Å²) >= 11 is 0. The number of carbonyl (C=O) groups excluding carboxylic acids is 1. The second kappa shape index (κ2) is 4.71. The van der Waals surface area contributed by atoms with Gasteiger partial charge in [-0.25, -0.2) is 0 Å². The molecule has 0 atom stereocenters. The second-order valence-electron chi connectivity index (χ2n) is 2.44. The van der Waals surface area contributed by atoms with E-state index in [1.54, 1.807) is 0 Å². The first-order valence-electron chi connectivity index (χ1n) is 3.41. The van der Waals surface area contributed by atoms with Crippen LogP contribution in [0, 0.1) is 6.92 Å². The quantitative estimate of drug-likeness (QED) is 0.272. The molecule has 0 bridgehead atoms. The summed E-state index contributed by atoms with van der Waals surface area (Å²) in [5, 5.41) is 0. The number of piperidine rings is 1. The van der Waals surface area contributed by atoms with Crippen LogP contribution in [0.15, 0.2) is 0 Å². The zero-order valence-corrected chi connectivity index (χ0v) is 6.60. The Morgan fingerprint density at radius 2 is 1.70 bits per heavy atom. The first-order valence-corrected chi connectivity index (χ1v) is 3.41. The van der Waals surface area contributed by atoms with Crippen LogP contribution in [0.1, 0.15) is 19.3 Å². The molecule has 1 fully saturated rings. The monoisotopic (exact) mass is 133 g/mol. The molecule has 3 heteroatoms. The van der Waals surface area contributed by atoms with Crippen LogP contribution >= 0.6 is 0 Å². The number of amides is 1. The Hall–Kier alpha value is -0.0626. The zero-order chi connectivity index (χ0) is 6.69. The van der Waals surface area contributed by atoms with Gasteiger partial charge in [0.15, 0.2) is 0 Å². The predicted molar refractivity (Wildman–Crippen MR) is 35.8 cm³/mol. The number of hydrogen-bond acceptors (Lipinski definition) is 1. The van der Waals surface area contributed by atoms with Crippen molar-refractivity contribution in [1.82, 2.24) is 4.90 Å². The summed E-state index contributed by atoms with van der Waals surface area (Å²) < 4.78 is 0. The molecule has 0 saturated carbocycles. The Morgan fingerprint density at radius 1 is 1.20 bits per heavy atom. The van der Waals surface area contributed by atoms with E-state index in [0.29, 0.717) is 0 Å². The maximum absolute atomic E-state index is 10.6. The maximum atomic E-state index is 10.6. The number of rotatable bonds is 0. The predicted octanol–water partition coefficient (Wildman–Crippen LogP) is -2.16. The number of nitrogens with zero attached hydrogens (tertiary/aromatic N) is 1. The van der Waals surface area contributed by atoms with Crippen LogP contribution in [0.3, 0.4) is 0 Å². The molecule has 1 rings (SSSR count). The van der Waals surface area contributed by atoms with Crippen molar-refractivity contribution in [2.45, 2.75) is 19.3 Å². The fourth-order valence-corrected chi connectivity index (χ4v) is 1.14. The summed E-state index contributed by atoms with van der Waals surface area (Å²) in [6.45, 7) is 5.19. The van der Waals surface area contributed by atoms with Crippen LogP contribution in [0.5, 0.6) is 0 Å². The summed E-state index contributed by atoms with van der Waals surface area (Å²) in [7, 11) is 0. The standard InChI is InChI=1S/C7H12NO.Li/c1-7(9)8-5-3-2-4-6-8;/h1-6H2;/q-1;+1. The summed E-state index contributed by atoms with van der Waals surface area (Å²) in [6.07, 6.45) is 3.58. The van der Waals surface area contributed by atoms with Gasteiger partial charge in [-0.15, -0.1) is 0 Å². The van der Waals surface area contributed by atoms with Crippen LogP contribution in [0.2, 0.25) is 0 Å². The van der Waals surface area contributed by atoms with Crippen molar-refractivity contribution in [3.63, 3.8) is 0 Å². The van der Waals surface area contributed by atoms with Crippen molar-refractivity contribution >= 4 is 5.91 Å². The Bertz CT molecular complexity index is 110. The fourth-order valence-electron chi connectivity index (χ4n) is 1.14. The average molecular weight is 133 g/mol. The van der Waals surface area contributed by atoms with E-state index in [2.05, 4.69) is 6.92 Å². The first kappa shape index (κ1) is 9.94. The van der Waals surface area contributed by atoms with E-state index in [1.165, 1.54) is 6.42 Å². The minimum atomic E-state index is -0.0188. The largest absolute Gasteiger partial charge is 1.00 e. The molecule has 1 aliphatic heterocycles. The molecule has 0 aromatic rings. The summed E-state index contributed by atoms with van der Waals surface area (Å²) in [4.78, 5) is 12.4. The van der Waals surface area contributed by atoms with E-state index in [1.807, 2.05) is 4.90 Å². The van der Waals surface area contributed by atoms with Crippen molar-refractivity contribution in [1.29, 1.82) is 0 Å². The molecule has 0 unspecified atom stereocenters. The van der Waals surface area contributed by atoms with Crippen molar-refractivity contribution in [3.8, 4) is 0 Å². The molecule has 0 aliphatic carbocycles. The smallest absolute Gasteiger partial charge is 0.368 e. The van der Waals surface area contributed by atoms with Gasteiger partial charge in [-0.05, 0) is 19.3 Å². The van der Waals surface area contributed by atoms with Gasteiger partial charge < -0.3 is 16.6 Å². The van der Waals surface area contributed by atoms with Crippen molar-refractivity contribution in [3.05, 3.63) is 6.92 Å². The molecule has 0 N–H and O–H groups in total. The topological polar surface area (TPSA) is 20.3 Å². The van der Waals surface area contributed by atoms with Gasteiger partial charge in [-0.1, -0.05) is 0 Å². The minimum Gasteiger partial charge on any atom is -0.368 e. The molecule has 2 nitrogen and oxygen atoms in total. The Balaban J connectivity index is 0.000000810. The maximum Gasteiger partial charge on any atom is 1.00 e. The number of hydrogen-bond donors (Lipinski definition) is 0. The van der Waals surface area contributed by atoms with Crippen LogP contribution in [-0.4, -0.2) is 23.9 Å². The Labute approximate surface area is 74.1 Å². The molecule has 1 amide bonds. The zero-order valence-electron chi connectivity index (χ0n) is 6.60. The molecule has 0 aromatic heterocycles. The molecule has 0 spiro atoms. The average Bonchev–Trinajstić information content (AvgIpc) is 1.90.